The fourth-order valence-corrected chi connectivity index (χ4v) is 2.47. The maximum atomic E-state index is 12.1. The largest absolute Gasteiger partial charge is 0.360 e. The van der Waals surface area contributed by atoms with Crippen LogP contribution in [0.1, 0.15) is 5.56 Å². The van der Waals surface area contributed by atoms with Crippen LogP contribution in [0.2, 0.25) is 5.02 Å². The van der Waals surface area contributed by atoms with Gasteiger partial charge < -0.3 is 10.6 Å². The Kier molecular flexibility index (Phi) is 6.91. The third-order valence-corrected chi connectivity index (χ3v) is 4.13. The van der Waals surface area contributed by atoms with Crippen LogP contribution in [0, 0.1) is 22.0 Å². The van der Waals surface area contributed by atoms with Crippen molar-refractivity contribution >= 4 is 35.0 Å². The first kappa shape index (κ1) is 18.4. The summed E-state index contributed by atoms with van der Waals surface area (Å²) in [5.74, 6) is -0.494. The summed E-state index contributed by atoms with van der Waals surface area (Å²) in [6.07, 6.45) is 1.34. The molecule has 2 rings (SSSR count). The minimum atomic E-state index is -0.494. The lowest BCUT2D eigenvalue weighted by molar-refractivity contribution is -0.117. The van der Waals surface area contributed by atoms with E-state index in [9.17, 15) is 4.79 Å². The van der Waals surface area contributed by atoms with Gasteiger partial charge in [0.05, 0.1) is 0 Å². The van der Waals surface area contributed by atoms with E-state index in [1.54, 1.807) is 42.5 Å². The zero-order chi connectivity index (χ0) is 18.1. The second kappa shape index (κ2) is 9.39. The summed E-state index contributed by atoms with van der Waals surface area (Å²) in [6.45, 7) is 0.234. The van der Waals surface area contributed by atoms with Gasteiger partial charge in [0.15, 0.2) is 0 Å². The van der Waals surface area contributed by atoms with Crippen LogP contribution in [0.4, 0.5) is 5.69 Å². The van der Waals surface area contributed by atoms with Gasteiger partial charge >= 0.3 is 0 Å². The van der Waals surface area contributed by atoms with Crippen LogP contribution in [-0.4, -0.2) is 5.91 Å². The van der Waals surface area contributed by atoms with Crippen molar-refractivity contribution < 1.29 is 4.79 Å². The summed E-state index contributed by atoms with van der Waals surface area (Å²) >= 11 is 7.09. The number of carbonyl (C=O) groups is 1. The molecule has 5 nitrogen and oxygen atoms in total. The highest BCUT2D eigenvalue weighted by Crippen LogP contribution is 2.19. The second-order valence-electron chi connectivity index (χ2n) is 4.81. The number of halogens is 1. The Hall–Kier alpha value is -2.93. The molecule has 0 unspecified atom stereocenters. The maximum Gasteiger partial charge on any atom is 0.263 e. The number of carbonyl (C=O) groups excluding carboxylic acids is 1. The van der Waals surface area contributed by atoms with Gasteiger partial charge in [0.25, 0.3) is 5.91 Å². The van der Waals surface area contributed by atoms with Crippen molar-refractivity contribution in [3.63, 3.8) is 0 Å². The van der Waals surface area contributed by atoms with Crippen LogP contribution in [-0.2, 0) is 11.3 Å². The Labute approximate surface area is 154 Å². The van der Waals surface area contributed by atoms with Crippen LogP contribution in [0.5, 0.6) is 0 Å². The van der Waals surface area contributed by atoms with Crippen LogP contribution in [0.25, 0.3) is 0 Å². The molecule has 2 aromatic rings. The van der Waals surface area contributed by atoms with E-state index < -0.39 is 5.91 Å². The molecule has 0 aliphatic heterocycles. The quantitative estimate of drug-likeness (QED) is 0.347. The summed E-state index contributed by atoms with van der Waals surface area (Å²) < 4.78 is 0. The van der Waals surface area contributed by atoms with Crippen molar-refractivity contribution in [2.45, 2.75) is 11.4 Å². The average molecular weight is 369 g/mol. The lowest BCUT2D eigenvalue weighted by Gasteiger charge is -2.07. The van der Waals surface area contributed by atoms with Gasteiger partial charge in [0.2, 0.25) is 0 Å². The molecule has 1 amide bonds. The lowest BCUT2D eigenvalue weighted by atomic mass is 10.2. The minimum absolute atomic E-state index is 0.0532. The first-order chi connectivity index (χ1) is 12.1. The number of amides is 1. The van der Waals surface area contributed by atoms with Crippen molar-refractivity contribution in [1.82, 2.24) is 5.32 Å². The number of thioether (sulfide) groups is 1. The van der Waals surface area contributed by atoms with Crippen molar-refractivity contribution in [2.75, 3.05) is 5.32 Å². The van der Waals surface area contributed by atoms with Crippen LogP contribution >= 0.6 is 23.4 Å². The molecule has 0 saturated carbocycles. The molecule has 0 aliphatic rings. The predicted octanol–water partition coefficient (Wildman–Crippen LogP) is 4.05. The van der Waals surface area contributed by atoms with E-state index in [0.29, 0.717) is 10.7 Å². The van der Waals surface area contributed by atoms with E-state index >= 15 is 0 Å². The monoisotopic (exact) mass is 368 g/mol. The molecule has 25 heavy (non-hydrogen) atoms. The molecule has 0 aromatic heterocycles. The van der Waals surface area contributed by atoms with Crippen molar-refractivity contribution in [2.24, 2.45) is 0 Å². The molecule has 124 valence electrons. The van der Waals surface area contributed by atoms with Gasteiger partial charge in [0.1, 0.15) is 17.0 Å². The molecular formula is C18H13ClN4OS. The SMILES string of the molecule is N#CSc1ccc(N/C=C(/C#N)C(=O)NCc2ccccc2Cl)cc1. The van der Waals surface area contributed by atoms with E-state index in [-0.39, 0.29) is 12.1 Å². The average Bonchev–Trinajstić information content (AvgIpc) is 2.63. The normalized spacial score (nSPS) is 10.4. The molecule has 0 saturated heterocycles. The maximum absolute atomic E-state index is 12.1. The first-order valence-corrected chi connectivity index (χ1v) is 8.38. The van der Waals surface area contributed by atoms with Crippen LogP contribution in [0.15, 0.2) is 65.2 Å². The van der Waals surface area contributed by atoms with E-state index in [4.69, 9.17) is 22.1 Å². The summed E-state index contributed by atoms with van der Waals surface area (Å²) in [4.78, 5) is 12.9. The lowest BCUT2D eigenvalue weighted by Crippen LogP contribution is -2.24. The molecule has 0 atom stereocenters. The fourth-order valence-electron chi connectivity index (χ4n) is 1.89. The number of thiocyanates is 1. The molecule has 2 aromatic carbocycles. The summed E-state index contributed by atoms with van der Waals surface area (Å²) in [5.41, 5.74) is 1.42. The van der Waals surface area contributed by atoms with Gasteiger partial charge in [-0.3, -0.25) is 4.79 Å². The Bertz CT molecular complexity index is 866. The number of nitrogens with one attached hydrogen (secondary N) is 2. The zero-order valence-electron chi connectivity index (χ0n) is 13.0. The third-order valence-electron chi connectivity index (χ3n) is 3.16. The number of hydrogen-bond donors (Lipinski definition) is 2. The van der Waals surface area contributed by atoms with Crippen molar-refractivity contribution in [3.8, 4) is 11.5 Å². The molecule has 0 aliphatic carbocycles. The Balaban J connectivity index is 1.97. The van der Waals surface area contributed by atoms with Gasteiger partial charge in [0, 0.05) is 28.4 Å². The van der Waals surface area contributed by atoms with Crippen LogP contribution in [0.3, 0.4) is 0 Å². The summed E-state index contributed by atoms with van der Waals surface area (Å²) in [7, 11) is 0. The molecule has 0 bridgehead atoms. The number of anilines is 1. The highest BCUT2D eigenvalue weighted by atomic mass is 35.5. The molecular weight excluding hydrogens is 356 g/mol. The fraction of sp³-hybridized carbons (Fsp3) is 0.0556. The zero-order valence-corrected chi connectivity index (χ0v) is 14.6. The number of nitriles is 2. The molecule has 0 heterocycles. The van der Waals surface area contributed by atoms with E-state index in [2.05, 4.69) is 10.6 Å². The van der Waals surface area contributed by atoms with Gasteiger partial charge in [-0.05, 0) is 47.7 Å². The Morgan fingerprint density at radius 2 is 1.88 bits per heavy atom. The van der Waals surface area contributed by atoms with E-state index in [1.807, 2.05) is 17.5 Å². The Morgan fingerprint density at radius 1 is 1.16 bits per heavy atom. The highest BCUT2D eigenvalue weighted by molar-refractivity contribution is 8.03. The van der Waals surface area contributed by atoms with E-state index in [1.165, 1.54) is 6.20 Å². The van der Waals surface area contributed by atoms with Gasteiger partial charge in [-0.25, -0.2) is 0 Å². The molecule has 0 spiro atoms. The third kappa shape index (κ3) is 5.58. The van der Waals surface area contributed by atoms with E-state index in [0.717, 1.165) is 22.2 Å². The number of hydrogen-bond acceptors (Lipinski definition) is 5. The molecule has 0 fully saturated rings. The van der Waals surface area contributed by atoms with Gasteiger partial charge in [-0.1, -0.05) is 29.8 Å². The van der Waals surface area contributed by atoms with Gasteiger partial charge in [-0.2, -0.15) is 10.5 Å². The topological polar surface area (TPSA) is 88.7 Å². The van der Waals surface area contributed by atoms with Crippen LogP contribution < -0.4 is 10.6 Å². The minimum Gasteiger partial charge on any atom is -0.360 e. The summed E-state index contributed by atoms with van der Waals surface area (Å²) in [6, 6.07) is 16.1. The second-order valence-corrected chi connectivity index (χ2v) is 6.07. The number of rotatable bonds is 6. The van der Waals surface area contributed by atoms with Gasteiger partial charge in [-0.15, -0.1) is 0 Å². The smallest absolute Gasteiger partial charge is 0.263 e. The molecule has 7 heteroatoms. The Morgan fingerprint density at radius 3 is 2.52 bits per heavy atom. The van der Waals surface area contributed by atoms with Crippen molar-refractivity contribution in [3.05, 3.63) is 70.9 Å². The van der Waals surface area contributed by atoms with Crippen molar-refractivity contribution in [1.29, 1.82) is 10.5 Å². The number of benzene rings is 2. The molecule has 0 radical (unpaired) electrons. The number of nitrogens with zero attached hydrogens (tertiary/aromatic N) is 2. The molecule has 2 N–H and O–H groups in total. The highest BCUT2D eigenvalue weighted by Gasteiger charge is 2.09. The predicted molar refractivity (Wildman–Crippen MR) is 98.5 cm³/mol. The summed E-state index contributed by atoms with van der Waals surface area (Å²) in [5, 5.41) is 25.9. The first-order valence-electron chi connectivity index (χ1n) is 7.18. The standard InChI is InChI=1S/C18H13ClN4OS/c19-17-4-2-1-3-13(17)10-23-18(24)14(9-20)11-22-15-5-7-16(8-6-15)25-12-21/h1-8,11,22H,10H2,(H,23,24)/b14-11-.